The van der Waals surface area contributed by atoms with Gasteiger partial charge in [0.1, 0.15) is 0 Å². The molecular formula is C17H32N2O. The van der Waals surface area contributed by atoms with E-state index in [0.717, 1.165) is 38.3 Å². The molecule has 2 bridgehead atoms. The van der Waals surface area contributed by atoms with Crippen molar-refractivity contribution in [1.82, 2.24) is 10.2 Å². The largest absolute Gasteiger partial charge is 0.379 e. The highest BCUT2D eigenvalue weighted by molar-refractivity contribution is 5.11. The van der Waals surface area contributed by atoms with Crippen LogP contribution in [0.5, 0.6) is 0 Å². The fraction of sp³-hybridized carbons (Fsp3) is 1.00. The third kappa shape index (κ3) is 2.65. The van der Waals surface area contributed by atoms with Crippen LogP contribution in [-0.4, -0.2) is 50.3 Å². The quantitative estimate of drug-likeness (QED) is 0.783. The lowest BCUT2D eigenvalue weighted by atomic mass is 9.68. The zero-order valence-electron chi connectivity index (χ0n) is 13.6. The predicted molar refractivity (Wildman–Crippen MR) is 82.9 cm³/mol. The molecule has 3 atom stereocenters. The maximum atomic E-state index is 5.40. The molecule has 1 aliphatic heterocycles. The summed E-state index contributed by atoms with van der Waals surface area (Å²) in [6.45, 7) is 14.0. The SMILES string of the molecule is CC12CCC(C1)C(C)(C)C2NCCCN1CCOCC1. The Bertz CT molecular complexity index is 333. The van der Waals surface area contributed by atoms with Gasteiger partial charge in [0.05, 0.1) is 13.2 Å². The van der Waals surface area contributed by atoms with Gasteiger partial charge in [0.15, 0.2) is 0 Å². The molecule has 2 aliphatic carbocycles. The van der Waals surface area contributed by atoms with Crippen LogP contribution < -0.4 is 5.32 Å². The summed E-state index contributed by atoms with van der Waals surface area (Å²) in [7, 11) is 0. The lowest BCUT2D eigenvalue weighted by Crippen LogP contribution is -2.50. The number of hydrogen-bond acceptors (Lipinski definition) is 3. The number of ether oxygens (including phenoxy) is 1. The Hall–Kier alpha value is -0.120. The third-order valence-electron chi connectivity index (χ3n) is 6.37. The number of morpholine rings is 1. The summed E-state index contributed by atoms with van der Waals surface area (Å²) in [4.78, 5) is 2.54. The molecule has 1 heterocycles. The molecule has 3 nitrogen and oxygen atoms in total. The lowest BCUT2D eigenvalue weighted by molar-refractivity contribution is 0.0366. The number of hydrogen-bond donors (Lipinski definition) is 1. The highest BCUT2D eigenvalue weighted by Crippen LogP contribution is 2.62. The fourth-order valence-electron chi connectivity index (χ4n) is 5.19. The Morgan fingerprint density at radius 1 is 1.20 bits per heavy atom. The van der Waals surface area contributed by atoms with Crippen LogP contribution in [0.25, 0.3) is 0 Å². The first-order valence-corrected chi connectivity index (χ1v) is 8.56. The first kappa shape index (κ1) is 14.8. The first-order valence-electron chi connectivity index (χ1n) is 8.56. The average Bonchev–Trinajstić information content (AvgIpc) is 2.90. The average molecular weight is 280 g/mol. The molecule has 20 heavy (non-hydrogen) atoms. The molecular weight excluding hydrogens is 248 g/mol. The van der Waals surface area contributed by atoms with E-state index in [4.69, 9.17) is 4.74 Å². The Balaban J connectivity index is 1.44. The van der Waals surface area contributed by atoms with E-state index in [9.17, 15) is 0 Å². The Kier molecular flexibility index (Phi) is 4.13. The highest BCUT2D eigenvalue weighted by atomic mass is 16.5. The van der Waals surface area contributed by atoms with Crippen molar-refractivity contribution in [2.75, 3.05) is 39.4 Å². The highest BCUT2D eigenvalue weighted by Gasteiger charge is 2.58. The van der Waals surface area contributed by atoms with Gasteiger partial charge < -0.3 is 10.1 Å². The summed E-state index contributed by atoms with van der Waals surface area (Å²) >= 11 is 0. The molecule has 116 valence electrons. The molecule has 0 amide bonds. The number of nitrogens with one attached hydrogen (secondary N) is 1. The minimum atomic E-state index is 0.492. The van der Waals surface area contributed by atoms with Crippen LogP contribution in [0.3, 0.4) is 0 Å². The van der Waals surface area contributed by atoms with Gasteiger partial charge in [-0.05, 0) is 55.5 Å². The van der Waals surface area contributed by atoms with Crippen LogP contribution in [0.1, 0.15) is 46.5 Å². The third-order valence-corrected chi connectivity index (χ3v) is 6.37. The maximum Gasteiger partial charge on any atom is 0.0594 e. The molecule has 0 aromatic heterocycles. The van der Waals surface area contributed by atoms with Crippen LogP contribution in [0.15, 0.2) is 0 Å². The molecule has 0 aromatic rings. The Labute approximate surface area is 124 Å². The van der Waals surface area contributed by atoms with E-state index in [2.05, 4.69) is 31.0 Å². The summed E-state index contributed by atoms with van der Waals surface area (Å²) in [5.74, 6) is 0.948. The molecule has 3 heteroatoms. The van der Waals surface area contributed by atoms with Crippen molar-refractivity contribution in [3.63, 3.8) is 0 Å². The van der Waals surface area contributed by atoms with Gasteiger partial charge in [-0.15, -0.1) is 0 Å². The Morgan fingerprint density at radius 3 is 2.60 bits per heavy atom. The van der Waals surface area contributed by atoms with E-state index in [0.29, 0.717) is 10.8 Å². The molecule has 1 saturated heterocycles. The standard InChI is InChI=1S/C17H32N2O/c1-16(2)14-5-6-17(3,13-14)15(16)18-7-4-8-19-9-11-20-12-10-19/h14-15,18H,4-13H2,1-3H3. The second kappa shape index (κ2) is 5.58. The summed E-state index contributed by atoms with van der Waals surface area (Å²) in [6.07, 6.45) is 5.60. The van der Waals surface area contributed by atoms with Crippen molar-refractivity contribution < 1.29 is 4.74 Å². The van der Waals surface area contributed by atoms with E-state index >= 15 is 0 Å². The molecule has 0 aromatic carbocycles. The van der Waals surface area contributed by atoms with Crippen LogP contribution in [0, 0.1) is 16.7 Å². The molecule has 1 N–H and O–H groups in total. The molecule has 2 saturated carbocycles. The van der Waals surface area contributed by atoms with Crippen molar-refractivity contribution >= 4 is 0 Å². The van der Waals surface area contributed by atoms with Crippen molar-refractivity contribution in [3.8, 4) is 0 Å². The summed E-state index contributed by atoms with van der Waals surface area (Å²) in [5, 5.41) is 3.93. The van der Waals surface area contributed by atoms with E-state index < -0.39 is 0 Å². The molecule has 0 radical (unpaired) electrons. The van der Waals surface area contributed by atoms with Crippen LogP contribution in [0.4, 0.5) is 0 Å². The first-order chi connectivity index (χ1) is 9.52. The van der Waals surface area contributed by atoms with Crippen LogP contribution in [0.2, 0.25) is 0 Å². The van der Waals surface area contributed by atoms with E-state index in [1.807, 2.05) is 0 Å². The van der Waals surface area contributed by atoms with Crippen molar-refractivity contribution in [3.05, 3.63) is 0 Å². The van der Waals surface area contributed by atoms with Crippen molar-refractivity contribution in [2.24, 2.45) is 16.7 Å². The minimum absolute atomic E-state index is 0.492. The fourth-order valence-corrected chi connectivity index (χ4v) is 5.19. The van der Waals surface area contributed by atoms with Gasteiger partial charge in [0.25, 0.3) is 0 Å². The zero-order chi connectivity index (χ0) is 14.2. The maximum absolute atomic E-state index is 5.40. The molecule has 3 rings (SSSR count). The Morgan fingerprint density at radius 2 is 1.95 bits per heavy atom. The van der Waals surface area contributed by atoms with Crippen LogP contribution >= 0.6 is 0 Å². The van der Waals surface area contributed by atoms with Crippen molar-refractivity contribution in [2.45, 2.75) is 52.5 Å². The van der Waals surface area contributed by atoms with Gasteiger partial charge in [0.2, 0.25) is 0 Å². The smallest absolute Gasteiger partial charge is 0.0594 e. The monoisotopic (exact) mass is 280 g/mol. The van der Waals surface area contributed by atoms with E-state index in [1.165, 1.54) is 38.8 Å². The van der Waals surface area contributed by atoms with Gasteiger partial charge in [-0.1, -0.05) is 20.8 Å². The number of fused-ring (bicyclic) bond motifs is 2. The summed E-state index contributed by atoms with van der Waals surface area (Å²) < 4.78 is 5.40. The van der Waals surface area contributed by atoms with E-state index in [1.54, 1.807) is 0 Å². The lowest BCUT2D eigenvalue weighted by Gasteiger charge is -2.43. The second-order valence-corrected chi connectivity index (χ2v) is 8.11. The number of rotatable bonds is 5. The molecule has 3 fully saturated rings. The number of nitrogens with zero attached hydrogens (tertiary/aromatic N) is 1. The van der Waals surface area contributed by atoms with Crippen molar-refractivity contribution in [1.29, 1.82) is 0 Å². The zero-order valence-corrected chi connectivity index (χ0v) is 13.6. The normalized spacial score (nSPS) is 40.4. The van der Waals surface area contributed by atoms with E-state index in [-0.39, 0.29) is 0 Å². The molecule has 0 spiro atoms. The van der Waals surface area contributed by atoms with Gasteiger partial charge >= 0.3 is 0 Å². The summed E-state index contributed by atoms with van der Waals surface area (Å²) in [6, 6.07) is 0.721. The summed E-state index contributed by atoms with van der Waals surface area (Å²) in [5.41, 5.74) is 1.05. The van der Waals surface area contributed by atoms with Gasteiger partial charge in [0, 0.05) is 19.1 Å². The topological polar surface area (TPSA) is 24.5 Å². The molecule has 3 aliphatic rings. The molecule has 3 unspecified atom stereocenters. The van der Waals surface area contributed by atoms with Crippen LogP contribution in [-0.2, 0) is 4.74 Å². The predicted octanol–water partition coefficient (Wildman–Crippen LogP) is 2.51. The second-order valence-electron chi connectivity index (χ2n) is 8.11. The van der Waals surface area contributed by atoms with Gasteiger partial charge in [-0.25, -0.2) is 0 Å². The van der Waals surface area contributed by atoms with Gasteiger partial charge in [-0.3, -0.25) is 4.90 Å². The minimum Gasteiger partial charge on any atom is -0.379 e. The van der Waals surface area contributed by atoms with Gasteiger partial charge in [-0.2, -0.15) is 0 Å².